The summed E-state index contributed by atoms with van der Waals surface area (Å²) >= 11 is 6.07. The fourth-order valence-corrected chi connectivity index (χ4v) is 3.68. The van der Waals surface area contributed by atoms with Crippen LogP contribution in [0.15, 0.2) is 42.7 Å². The van der Waals surface area contributed by atoms with E-state index in [1.54, 1.807) is 19.3 Å². The predicted molar refractivity (Wildman–Crippen MR) is 94.3 cm³/mol. The molecule has 0 spiro atoms. The molecule has 0 unspecified atom stereocenters. The lowest BCUT2D eigenvalue weighted by atomic mass is 10.1. The van der Waals surface area contributed by atoms with E-state index in [0.717, 1.165) is 22.2 Å². The molecule has 0 saturated carbocycles. The van der Waals surface area contributed by atoms with Crippen LogP contribution in [0.1, 0.15) is 12.5 Å². The van der Waals surface area contributed by atoms with E-state index in [-0.39, 0.29) is 11.5 Å². The molecule has 0 bridgehead atoms. The van der Waals surface area contributed by atoms with E-state index >= 15 is 0 Å². The zero-order valence-corrected chi connectivity index (χ0v) is 14.5. The molecule has 0 atom stereocenters. The summed E-state index contributed by atoms with van der Waals surface area (Å²) in [7, 11) is -1.11. The average Bonchev–Trinajstić information content (AvgIpc) is 2.84. The first-order chi connectivity index (χ1) is 10.9. The molecule has 0 amide bonds. The molecule has 23 heavy (non-hydrogen) atoms. The van der Waals surface area contributed by atoms with Gasteiger partial charge in [-0.3, -0.25) is 4.98 Å². The predicted octanol–water partition coefficient (Wildman–Crippen LogP) is 3.83. The van der Waals surface area contributed by atoms with Crippen LogP contribution in [0, 0.1) is 0 Å². The molecule has 2 aromatic heterocycles. The number of hydrogen-bond acceptors (Lipinski definition) is 3. The van der Waals surface area contributed by atoms with E-state index in [2.05, 4.69) is 11.1 Å². The lowest BCUT2D eigenvalue weighted by Crippen LogP contribution is -2.07. The van der Waals surface area contributed by atoms with Crippen LogP contribution in [0.4, 0.5) is 0 Å². The number of hydrogen-bond donors (Lipinski definition) is 0. The van der Waals surface area contributed by atoms with E-state index in [1.807, 2.05) is 35.9 Å². The van der Waals surface area contributed by atoms with E-state index in [9.17, 15) is 8.42 Å². The van der Waals surface area contributed by atoms with Gasteiger partial charge in [0, 0.05) is 46.7 Å². The minimum atomic E-state index is -3.08. The van der Waals surface area contributed by atoms with Crippen LogP contribution in [0.2, 0.25) is 5.02 Å². The van der Waals surface area contributed by atoms with Crippen molar-refractivity contribution in [3.8, 4) is 11.3 Å². The Bertz CT molecular complexity index is 977. The molecule has 1 aromatic carbocycles. The summed E-state index contributed by atoms with van der Waals surface area (Å²) < 4.78 is 25.7. The SMILES string of the molecule is CCS(=O)(=O)Cc1cncc(-c2cc3ccc(Cl)cc3n2C)c1. The highest BCUT2D eigenvalue weighted by Crippen LogP contribution is 2.29. The summed E-state index contributed by atoms with van der Waals surface area (Å²) in [4.78, 5) is 4.20. The second kappa shape index (κ2) is 5.98. The summed E-state index contributed by atoms with van der Waals surface area (Å²) in [6.45, 7) is 1.65. The first-order valence-electron chi connectivity index (χ1n) is 7.29. The quantitative estimate of drug-likeness (QED) is 0.720. The van der Waals surface area contributed by atoms with E-state index in [0.29, 0.717) is 10.6 Å². The number of pyridine rings is 1. The van der Waals surface area contributed by atoms with E-state index in [1.165, 1.54) is 0 Å². The number of fused-ring (bicyclic) bond motifs is 1. The summed E-state index contributed by atoms with van der Waals surface area (Å²) in [5.41, 5.74) is 3.60. The highest BCUT2D eigenvalue weighted by Gasteiger charge is 2.12. The minimum Gasteiger partial charge on any atom is -0.344 e. The van der Waals surface area contributed by atoms with Crippen LogP contribution in [0.25, 0.3) is 22.2 Å². The lowest BCUT2D eigenvalue weighted by Gasteiger charge is -2.07. The van der Waals surface area contributed by atoms with E-state index in [4.69, 9.17) is 11.6 Å². The van der Waals surface area contributed by atoms with Gasteiger partial charge in [0.15, 0.2) is 9.84 Å². The van der Waals surface area contributed by atoms with Crippen molar-refractivity contribution in [2.24, 2.45) is 7.05 Å². The van der Waals surface area contributed by atoms with Crippen molar-refractivity contribution >= 4 is 32.3 Å². The molecule has 2 heterocycles. The smallest absolute Gasteiger partial charge is 0.154 e. The molecule has 6 heteroatoms. The van der Waals surface area contributed by atoms with Gasteiger partial charge in [0.2, 0.25) is 0 Å². The van der Waals surface area contributed by atoms with Crippen molar-refractivity contribution in [1.29, 1.82) is 0 Å². The Morgan fingerprint density at radius 1 is 1.17 bits per heavy atom. The lowest BCUT2D eigenvalue weighted by molar-refractivity contribution is 0.596. The average molecular weight is 349 g/mol. The molecular formula is C17H17ClN2O2S. The molecule has 0 aliphatic heterocycles. The maximum Gasteiger partial charge on any atom is 0.154 e. The minimum absolute atomic E-state index is 0.0140. The summed E-state index contributed by atoms with van der Waals surface area (Å²) in [5, 5.41) is 1.77. The first-order valence-corrected chi connectivity index (χ1v) is 9.49. The molecule has 120 valence electrons. The Balaban J connectivity index is 2.07. The van der Waals surface area contributed by atoms with Crippen molar-refractivity contribution in [3.05, 3.63) is 53.3 Å². The van der Waals surface area contributed by atoms with Gasteiger partial charge >= 0.3 is 0 Å². The van der Waals surface area contributed by atoms with Gasteiger partial charge in [0.1, 0.15) is 0 Å². The molecule has 0 fully saturated rings. The number of aromatic nitrogens is 2. The van der Waals surface area contributed by atoms with Crippen LogP contribution in [-0.4, -0.2) is 23.7 Å². The largest absolute Gasteiger partial charge is 0.344 e. The number of benzene rings is 1. The van der Waals surface area contributed by atoms with Gasteiger partial charge in [-0.1, -0.05) is 24.6 Å². The van der Waals surface area contributed by atoms with Crippen molar-refractivity contribution in [3.63, 3.8) is 0 Å². The fraction of sp³-hybridized carbons (Fsp3) is 0.235. The molecule has 0 saturated heterocycles. The third-order valence-corrected chi connectivity index (χ3v) is 5.81. The normalized spacial score (nSPS) is 12.0. The second-order valence-electron chi connectivity index (χ2n) is 5.55. The van der Waals surface area contributed by atoms with Crippen LogP contribution in [-0.2, 0) is 22.6 Å². The standard InChI is InChI=1S/C17H17ClN2O2S/c1-3-23(21,22)11-12-6-14(10-19-9-12)16-7-13-4-5-15(18)8-17(13)20(16)2/h4-10H,3,11H2,1-2H3. The van der Waals surface area contributed by atoms with Gasteiger partial charge in [-0.15, -0.1) is 0 Å². The zero-order valence-electron chi connectivity index (χ0n) is 13.0. The van der Waals surface area contributed by atoms with Gasteiger partial charge in [-0.2, -0.15) is 0 Å². The Morgan fingerprint density at radius 3 is 2.70 bits per heavy atom. The highest BCUT2D eigenvalue weighted by atomic mass is 35.5. The van der Waals surface area contributed by atoms with Gasteiger partial charge in [-0.25, -0.2) is 8.42 Å². The maximum atomic E-state index is 11.8. The summed E-state index contributed by atoms with van der Waals surface area (Å²) in [6, 6.07) is 9.69. The van der Waals surface area contributed by atoms with Crippen molar-refractivity contribution in [2.75, 3.05) is 5.75 Å². The Labute approximate surface area is 140 Å². The molecule has 3 aromatic rings. The molecule has 0 aliphatic rings. The number of rotatable bonds is 4. The molecule has 0 N–H and O–H groups in total. The fourth-order valence-electron chi connectivity index (χ4n) is 2.64. The van der Waals surface area contributed by atoms with Crippen molar-refractivity contribution in [2.45, 2.75) is 12.7 Å². The molecule has 0 aliphatic carbocycles. The summed E-state index contributed by atoms with van der Waals surface area (Å²) in [5.74, 6) is 0.143. The Kier molecular flexibility index (Phi) is 4.17. The monoisotopic (exact) mass is 348 g/mol. The first kappa shape index (κ1) is 16.0. The third-order valence-electron chi connectivity index (χ3n) is 3.92. The number of halogens is 1. The Hall–Kier alpha value is -1.85. The van der Waals surface area contributed by atoms with Gasteiger partial charge in [-0.05, 0) is 29.8 Å². The van der Waals surface area contributed by atoms with Gasteiger partial charge in [0.05, 0.1) is 11.4 Å². The zero-order chi connectivity index (χ0) is 16.6. The highest BCUT2D eigenvalue weighted by molar-refractivity contribution is 7.90. The molecule has 4 nitrogen and oxygen atoms in total. The number of nitrogens with zero attached hydrogens (tertiary/aromatic N) is 2. The molecule has 3 rings (SSSR count). The number of aryl methyl sites for hydroxylation is 1. The third kappa shape index (κ3) is 3.26. The van der Waals surface area contributed by atoms with Gasteiger partial charge in [0.25, 0.3) is 0 Å². The Morgan fingerprint density at radius 2 is 1.96 bits per heavy atom. The van der Waals surface area contributed by atoms with Crippen LogP contribution in [0.3, 0.4) is 0 Å². The van der Waals surface area contributed by atoms with Gasteiger partial charge < -0.3 is 4.57 Å². The molecule has 0 radical (unpaired) electrons. The molecular weight excluding hydrogens is 332 g/mol. The van der Waals surface area contributed by atoms with Crippen LogP contribution < -0.4 is 0 Å². The number of sulfone groups is 1. The maximum absolute atomic E-state index is 11.8. The van der Waals surface area contributed by atoms with Crippen LogP contribution in [0.5, 0.6) is 0 Å². The topological polar surface area (TPSA) is 52.0 Å². The van der Waals surface area contributed by atoms with E-state index < -0.39 is 9.84 Å². The van der Waals surface area contributed by atoms with Crippen LogP contribution >= 0.6 is 11.6 Å². The van der Waals surface area contributed by atoms with Crippen molar-refractivity contribution in [1.82, 2.24) is 9.55 Å². The second-order valence-corrected chi connectivity index (χ2v) is 8.34. The summed E-state index contributed by atoms with van der Waals surface area (Å²) in [6.07, 6.45) is 3.36. The van der Waals surface area contributed by atoms with Crippen molar-refractivity contribution < 1.29 is 8.42 Å².